The fourth-order valence-electron chi connectivity index (χ4n) is 3.46. The van der Waals surface area contributed by atoms with Crippen LogP contribution in [0.4, 0.5) is 0 Å². The molecule has 7 heteroatoms. The fourth-order valence-corrected chi connectivity index (χ4v) is 3.46. The van der Waals surface area contributed by atoms with Gasteiger partial charge in [-0.1, -0.05) is 12.1 Å². The second-order valence-corrected chi connectivity index (χ2v) is 7.48. The highest BCUT2D eigenvalue weighted by Crippen LogP contribution is 2.29. The summed E-state index contributed by atoms with van der Waals surface area (Å²) < 4.78 is 10.7. The van der Waals surface area contributed by atoms with Crippen molar-refractivity contribution in [2.24, 2.45) is 0 Å². The Balaban J connectivity index is 1.61. The van der Waals surface area contributed by atoms with Gasteiger partial charge in [-0.15, -0.1) is 0 Å². The number of amides is 2. The van der Waals surface area contributed by atoms with E-state index in [1.807, 2.05) is 36.1 Å². The summed E-state index contributed by atoms with van der Waals surface area (Å²) >= 11 is 0. The van der Waals surface area contributed by atoms with E-state index in [0.29, 0.717) is 29.2 Å². The molecule has 1 N–H and O–H groups in total. The zero-order valence-electron chi connectivity index (χ0n) is 18.0. The van der Waals surface area contributed by atoms with Crippen molar-refractivity contribution in [3.8, 4) is 11.5 Å². The van der Waals surface area contributed by atoms with Gasteiger partial charge >= 0.3 is 0 Å². The summed E-state index contributed by atoms with van der Waals surface area (Å²) in [6.45, 7) is 5.52. The third-order valence-corrected chi connectivity index (χ3v) is 5.46. The average Bonchev–Trinajstić information content (AvgIpc) is 2.78. The number of carbonyl (C=O) groups excluding carboxylic acids is 2. The Labute approximate surface area is 177 Å². The van der Waals surface area contributed by atoms with E-state index in [4.69, 9.17) is 9.47 Å². The van der Waals surface area contributed by atoms with Crippen LogP contribution in [0.25, 0.3) is 0 Å². The van der Waals surface area contributed by atoms with Gasteiger partial charge in [-0.3, -0.25) is 9.59 Å². The lowest BCUT2D eigenvalue weighted by atomic mass is 10.1. The summed E-state index contributed by atoms with van der Waals surface area (Å²) in [7, 11) is 5.19. The number of rotatable bonds is 6. The van der Waals surface area contributed by atoms with Gasteiger partial charge in [0.25, 0.3) is 11.8 Å². The van der Waals surface area contributed by atoms with Crippen molar-refractivity contribution in [1.29, 1.82) is 0 Å². The van der Waals surface area contributed by atoms with Gasteiger partial charge < -0.3 is 24.6 Å². The summed E-state index contributed by atoms with van der Waals surface area (Å²) in [6, 6.07) is 10.8. The molecular weight excluding hydrogens is 382 g/mol. The molecule has 0 atom stereocenters. The van der Waals surface area contributed by atoms with E-state index in [1.165, 1.54) is 0 Å². The summed E-state index contributed by atoms with van der Waals surface area (Å²) in [5, 5.41) is 2.90. The number of ether oxygens (including phenoxy) is 2. The molecule has 0 saturated carbocycles. The second-order valence-electron chi connectivity index (χ2n) is 7.48. The van der Waals surface area contributed by atoms with Crippen molar-refractivity contribution in [3.63, 3.8) is 0 Å². The van der Waals surface area contributed by atoms with Crippen LogP contribution in [0.1, 0.15) is 31.8 Å². The molecule has 0 radical (unpaired) electrons. The van der Waals surface area contributed by atoms with Gasteiger partial charge in [0.1, 0.15) is 11.5 Å². The largest absolute Gasteiger partial charge is 0.496 e. The minimum atomic E-state index is -0.218. The zero-order chi connectivity index (χ0) is 21.7. The maximum atomic E-state index is 12.6. The Bertz CT molecular complexity index is 878. The molecule has 1 heterocycles. The van der Waals surface area contributed by atoms with Gasteiger partial charge in [-0.05, 0) is 43.8 Å². The molecular formula is C23H29N3O4. The number of hydrogen-bond acceptors (Lipinski definition) is 5. The number of benzene rings is 2. The van der Waals surface area contributed by atoms with Gasteiger partial charge in [0, 0.05) is 49.4 Å². The van der Waals surface area contributed by atoms with Crippen LogP contribution in [0.5, 0.6) is 11.5 Å². The molecule has 30 heavy (non-hydrogen) atoms. The second kappa shape index (κ2) is 9.63. The van der Waals surface area contributed by atoms with Crippen LogP contribution in [0.3, 0.4) is 0 Å². The van der Waals surface area contributed by atoms with Crippen molar-refractivity contribution in [1.82, 2.24) is 15.1 Å². The Morgan fingerprint density at radius 2 is 1.50 bits per heavy atom. The lowest BCUT2D eigenvalue weighted by Crippen LogP contribution is -2.47. The zero-order valence-corrected chi connectivity index (χ0v) is 18.0. The summed E-state index contributed by atoms with van der Waals surface area (Å²) in [4.78, 5) is 29.3. The topological polar surface area (TPSA) is 71.1 Å². The van der Waals surface area contributed by atoms with Crippen LogP contribution in [-0.2, 0) is 6.54 Å². The third kappa shape index (κ3) is 4.91. The lowest BCUT2D eigenvalue weighted by molar-refractivity contribution is 0.0664. The summed E-state index contributed by atoms with van der Waals surface area (Å²) in [5.41, 5.74) is 2.90. The van der Waals surface area contributed by atoms with Crippen LogP contribution in [0, 0.1) is 6.92 Å². The van der Waals surface area contributed by atoms with Crippen molar-refractivity contribution < 1.29 is 19.1 Å². The highest BCUT2D eigenvalue weighted by molar-refractivity contribution is 5.95. The summed E-state index contributed by atoms with van der Waals surface area (Å²) in [6.07, 6.45) is 0. The van der Waals surface area contributed by atoms with Crippen molar-refractivity contribution in [2.45, 2.75) is 13.5 Å². The number of likely N-dealkylation sites (N-methyl/N-ethyl adjacent to an activating group) is 1. The molecule has 2 aromatic carbocycles. The Kier molecular flexibility index (Phi) is 6.95. The van der Waals surface area contributed by atoms with Crippen LogP contribution in [0.15, 0.2) is 36.4 Å². The van der Waals surface area contributed by atoms with E-state index in [0.717, 1.165) is 37.3 Å². The number of piperazine rings is 1. The van der Waals surface area contributed by atoms with E-state index >= 15 is 0 Å². The Morgan fingerprint density at radius 3 is 2.03 bits per heavy atom. The fraction of sp³-hybridized carbons (Fsp3) is 0.391. The van der Waals surface area contributed by atoms with E-state index in [-0.39, 0.29) is 11.8 Å². The molecule has 0 spiro atoms. The maximum absolute atomic E-state index is 12.6. The normalized spacial score (nSPS) is 14.3. The highest BCUT2D eigenvalue weighted by Gasteiger charge is 2.20. The highest BCUT2D eigenvalue weighted by atomic mass is 16.5. The predicted molar refractivity (Wildman–Crippen MR) is 115 cm³/mol. The number of nitrogens with zero attached hydrogens (tertiary/aromatic N) is 2. The SMILES string of the molecule is COc1cc(C(=O)NCc2ccc(C(=O)N3CCN(C)CC3)cc2)cc(OC)c1C. The number of nitrogens with one attached hydrogen (secondary N) is 1. The number of hydrogen-bond donors (Lipinski definition) is 1. The van der Waals surface area contributed by atoms with Crippen LogP contribution in [0.2, 0.25) is 0 Å². The standard InChI is InChI=1S/C23H29N3O4/c1-16-20(29-3)13-19(14-21(16)30-4)22(27)24-15-17-5-7-18(8-6-17)23(28)26-11-9-25(2)10-12-26/h5-8,13-14H,9-12,15H2,1-4H3,(H,24,27). The molecule has 1 saturated heterocycles. The minimum absolute atomic E-state index is 0.0533. The molecule has 2 aromatic rings. The molecule has 0 aliphatic carbocycles. The van der Waals surface area contributed by atoms with Crippen molar-refractivity contribution in [2.75, 3.05) is 47.4 Å². The molecule has 1 aliphatic rings. The quantitative estimate of drug-likeness (QED) is 0.790. The van der Waals surface area contributed by atoms with Crippen LogP contribution in [-0.4, -0.2) is 69.1 Å². The maximum Gasteiger partial charge on any atom is 0.253 e. The van der Waals surface area contributed by atoms with E-state index in [2.05, 4.69) is 17.3 Å². The lowest BCUT2D eigenvalue weighted by Gasteiger charge is -2.32. The molecule has 2 amide bonds. The Morgan fingerprint density at radius 1 is 0.933 bits per heavy atom. The first-order valence-electron chi connectivity index (χ1n) is 10.0. The molecule has 3 rings (SSSR count). The molecule has 160 valence electrons. The summed E-state index contributed by atoms with van der Waals surface area (Å²) in [5.74, 6) is 1.04. The Hall–Kier alpha value is -3.06. The predicted octanol–water partition coefficient (Wildman–Crippen LogP) is 2.33. The molecule has 0 unspecified atom stereocenters. The van der Waals surface area contributed by atoms with E-state index < -0.39 is 0 Å². The number of methoxy groups -OCH3 is 2. The first kappa shape index (κ1) is 21.6. The average molecular weight is 412 g/mol. The van der Waals surface area contributed by atoms with E-state index in [9.17, 15) is 9.59 Å². The molecule has 1 aliphatic heterocycles. The molecule has 1 fully saturated rings. The van der Waals surface area contributed by atoms with E-state index in [1.54, 1.807) is 26.4 Å². The third-order valence-electron chi connectivity index (χ3n) is 5.46. The van der Waals surface area contributed by atoms with Gasteiger partial charge in [0.15, 0.2) is 0 Å². The first-order chi connectivity index (χ1) is 14.4. The van der Waals surface area contributed by atoms with Crippen LogP contribution < -0.4 is 14.8 Å². The number of carbonyl (C=O) groups is 2. The first-order valence-corrected chi connectivity index (χ1v) is 10.0. The van der Waals surface area contributed by atoms with Gasteiger partial charge in [-0.2, -0.15) is 0 Å². The monoisotopic (exact) mass is 411 g/mol. The molecule has 7 nitrogen and oxygen atoms in total. The van der Waals surface area contributed by atoms with Gasteiger partial charge in [0.05, 0.1) is 14.2 Å². The van der Waals surface area contributed by atoms with Crippen molar-refractivity contribution >= 4 is 11.8 Å². The molecule has 0 aromatic heterocycles. The van der Waals surface area contributed by atoms with Gasteiger partial charge in [0.2, 0.25) is 0 Å². The molecule has 0 bridgehead atoms. The van der Waals surface area contributed by atoms with Crippen molar-refractivity contribution in [3.05, 3.63) is 58.7 Å². The smallest absolute Gasteiger partial charge is 0.253 e. The van der Waals surface area contributed by atoms with Crippen LogP contribution >= 0.6 is 0 Å². The van der Waals surface area contributed by atoms with Gasteiger partial charge in [-0.25, -0.2) is 0 Å². The minimum Gasteiger partial charge on any atom is -0.496 e.